The number of carbonyl (C=O) groups is 1. The molecule has 0 N–H and O–H groups in total. The van der Waals surface area contributed by atoms with Gasteiger partial charge >= 0.3 is 5.97 Å². The van der Waals surface area contributed by atoms with Crippen LogP contribution in [0.15, 0.2) is 12.1 Å². The van der Waals surface area contributed by atoms with Crippen LogP contribution >= 0.6 is 34.8 Å². The van der Waals surface area contributed by atoms with Gasteiger partial charge in [0.25, 0.3) is 0 Å². The topological polar surface area (TPSA) is 29.5 Å². The normalized spacial score (nSPS) is 28.7. The van der Waals surface area contributed by atoms with Gasteiger partial charge in [-0.1, -0.05) is 34.8 Å². The van der Waals surface area contributed by atoms with Crippen molar-refractivity contribution in [2.45, 2.75) is 43.9 Å². The molecule has 2 bridgehead atoms. The number of halogens is 3. The molecule has 3 nitrogen and oxygen atoms in total. The van der Waals surface area contributed by atoms with Crippen LogP contribution in [0.5, 0.6) is 0 Å². The van der Waals surface area contributed by atoms with E-state index in [1.807, 2.05) is 0 Å². The van der Waals surface area contributed by atoms with Gasteiger partial charge in [0.15, 0.2) is 0 Å². The summed E-state index contributed by atoms with van der Waals surface area (Å²) in [6.07, 6.45) is 4.06. The Bertz CT molecular complexity index is 564. The highest BCUT2D eigenvalue weighted by Crippen LogP contribution is 2.36. The van der Waals surface area contributed by atoms with Crippen molar-refractivity contribution in [3.05, 3.63) is 32.8 Å². The Labute approximate surface area is 139 Å². The smallest absolute Gasteiger partial charge is 0.340 e. The van der Waals surface area contributed by atoms with Crippen LogP contribution in [0.1, 0.15) is 36.0 Å². The van der Waals surface area contributed by atoms with Gasteiger partial charge in [0.1, 0.15) is 6.10 Å². The molecular formula is C15H16Cl3NO2. The summed E-state index contributed by atoms with van der Waals surface area (Å²) in [5, 5.41) is 0.835. The molecule has 2 unspecified atom stereocenters. The van der Waals surface area contributed by atoms with E-state index in [9.17, 15) is 4.79 Å². The Hall–Kier alpha value is -0.480. The van der Waals surface area contributed by atoms with Crippen molar-refractivity contribution in [2.24, 2.45) is 0 Å². The lowest BCUT2D eigenvalue weighted by Gasteiger charge is -2.35. The van der Waals surface area contributed by atoms with Crippen LogP contribution in [0, 0.1) is 0 Å². The minimum Gasteiger partial charge on any atom is -0.459 e. The molecule has 2 fully saturated rings. The Balaban J connectivity index is 1.73. The lowest BCUT2D eigenvalue weighted by molar-refractivity contribution is -0.000431. The molecule has 2 aliphatic heterocycles. The van der Waals surface area contributed by atoms with Gasteiger partial charge in [-0.25, -0.2) is 4.79 Å². The van der Waals surface area contributed by atoms with Crippen molar-refractivity contribution in [1.29, 1.82) is 0 Å². The van der Waals surface area contributed by atoms with E-state index in [0.29, 0.717) is 17.1 Å². The summed E-state index contributed by atoms with van der Waals surface area (Å²) in [6.45, 7) is 0. The Morgan fingerprint density at radius 3 is 2.43 bits per heavy atom. The lowest BCUT2D eigenvalue weighted by Crippen LogP contribution is -2.43. The zero-order valence-corrected chi connectivity index (χ0v) is 13.9. The van der Waals surface area contributed by atoms with Gasteiger partial charge in [-0.2, -0.15) is 0 Å². The number of rotatable bonds is 2. The maximum Gasteiger partial charge on any atom is 0.340 e. The largest absolute Gasteiger partial charge is 0.459 e. The molecule has 0 saturated carbocycles. The molecule has 0 aromatic heterocycles. The van der Waals surface area contributed by atoms with Crippen LogP contribution in [-0.4, -0.2) is 36.1 Å². The third kappa shape index (κ3) is 3.02. The van der Waals surface area contributed by atoms with Gasteiger partial charge in [-0.05, 0) is 32.0 Å². The fourth-order valence-electron chi connectivity index (χ4n) is 3.38. The molecule has 1 aromatic carbocycles. The molecule has 2 heterocycles. The summed E-state index contributed by atoms with van der Waals surface area (Å²) in [7, 11) is 2.15. The summed E-state index contributed by atoms with van der Waals surface area (Å²) >= 11 is 17.9. The standard InChI is InChI=1S/C15H16Cl3NO2/c1-19-9-2-3-10(19)7-11(6-9)21-15(20)12-4-8(16)5-13(17)14(12)18/h4-5,9-11H,2-3,6-7H2,1H3. The molecule has 1 aromatic rings. The summed E-state index contributed by atoms with van der Waals surface area (Å²) in [6, 6.07) is 4.04. The zero-order chi connectivity index (χ0) is 15.1. The quantitative estimate of drug-likeness (QED) is 0.585. The number of hydrogen-bond donors (Lipinski definition) is 0. The van der Waals surface area contributed by atoms with Crippen molar-refractivity contribution in [2.75, 3.05) is 7.05 Å². The van der Waals surface area contributed by atoms with Gasteiger partial charge in [-0.3, -0.25) is 0 Å². The molecule has 0 spiro atoms. The predicted octanol–water partition coefficient (Wildman–Crippen LogP) is 4.43. The lowest BCUT2D eigenvalue weighted by atomic mass is 10.0. The SMILES string of the molecule is CN1C2CCC1CC(OC(=O)c1cc(Cl)cc(Cl)c1Cl)C2. The van der Waals surface area contributed by atoms with Crippen molar-refractivity contribution < 1.29 is 9.53 Å². The van der Waals surface area contributed by atoms with Crippen molar-refractivity contribution >= 4 is 40.8 Å². The summed E-state index contributed by atoms with van der Waals surface area (Å²) in [4.78, 5) is 14.7. The van der Waals surface area contributed by atoms with Gasteiger partial charge in [0.05, 0.1) is 15.6 Å². The number of carbonyl (C=O) groups excluding carboxylic acids is 1. The first-order chi connectivity index (χ1) is 9.95. The van der Waals surface area contributed by atoms with Crippen molar-refractivity contribution in [1.82, 2.24) is 4.90 Å². The predicted molar refractivity (Wildman–Crippen MR) is 84.5 cm³/mol. The third-order valence-electron chi connectivity index (χ3n) is 4.54. The van der Waals surface area contributed by atoms with Gasteiger partial charge in [0.2, 0.25) is 0 Å². The number of fused-ring (bicyclic) bond motifs is 2. The maximum atomic E-state index is 12.3. The van der Waals surface area contributed by atoms with Crippen LogP contribution in [0.4, 0.5) is 0 Å². The number of hydrogen-bond acceptors (Lipinski definition) is 3. The first-order valence-electron chi connectivity index (χ1n) is 7.03. The monoisotopic (exact) mass is 347 g/mol. The minimum atomic E-state index is -0.446. The molecule has 6 heteroatoms. The average Bonchev–Trinajstić information content (AvgIpc) is 2.64. The number of nitrogens with zero attached hydrogens (tertiary/aromatic N) is 1. The minimum absolute atomic E-state index is 0.0555. The van der Waals surface area contributed by atoms with E-state index in [1.165, 1.54) is 25.0 Å². The molecule has 2 saturated heterocycles. The molecule has 21 heavy (non-hydrogen) atoms. The molecule has 0 aliphatic carbocycles. The van der Waals surface area contributed by atoms with Gasteiger partial charge in [-0.15, -0.1) is 0 Å². The van der Waals surface area contributed by atoms with Gasteiger partial charge < -0.3 is 9.64 Å². The van der Waals surface area contributed by atoms with Crippen LogP contribution in [0.3, 0.4) is 0 Å². The van der Waals surface area contributed by atoms with Crippen LogP contribution in [0.2, 0.25) is 15.1 Å². The molecule has 114 valence electrons. The number of piperidine rings is 1. The second-order valence-corrected chi connectivity index (χ2v) is 7.02. The maximum absolute atomic E-state index is 12.3. The Kier molecular flexibility index (Phi) is 4.37. The zero-order valence-electron chi connectivity index (χ0n) is 11.6. The first-order valence-corrected chi connectivity index (χ1v) is 8.16. The van der Waals surface area contributed by atoms with Crippen LogP contribution < -0.4 is 0 Å². The molecule has 0 amide bonds. The second kappa shape index (κ2) is 5.96. The van der Waals surface area contributed by atoms with E-state index in [4.69, 9.17) is 39.5 Å². The van der Waals surface area contributed by atoms with Crippen molar-refractivity contribution in [3.63, 3.8) is 0 Å². The highest BCUT2D eigenvalue weighted by molar-refractivity contribution is 6.45. The summed E-state index contributed by atoms with van der Waals surface area (Å²) in [5.41, 5.74) is 0.237. The Morgan fingerprint density at radius 2 is 1.81 bits per heavy atom. The number of benzene rings is 1. The second-order valence-electron chi connectivity index (χ2n) is 5.80. The summed E-state index contributed by atoms with van der Waals surface area (Å²) in [5.74, 6) is -0.446. The Morgan fingerprint density at radius 1 is 1.19 bits per heavy atom. The van der Waals surface area contributed by atoms with E-state index in [-0.39, 0.29) is 21.7 Å². The highest BCUT2D eigenvalue weighted by Gasteiger charge is 2.40. The summed E-state index contributed by atoms with van der Waals surface area (Å²) < 4.78 is 5.63. The fourth-order valence-corrected chi connectivity index (χ4v) is 4.06. The van der Waals surface area contributed by atoms with Crippen LogP contribution in [-0.2, 0) is 4.74 Å². The van der Waals surface area contributed by atoms with Crippen molar-refractivity contribution in [3.8, 4) is 0 Å². The fraction of sp³-hybridized carbons (Fsp3) is 0.533. The third-order valence-corrected chi connectivity index (χ3v) is 5.56. The number of ether oxygens (including phenoxy) is 1. The van der Waals surface area contributed by atoms with E-state index < -0.39 is 5.97 Å². The number of esters is 1. The van der Waals surface area contributed by atoms with E-state index >= 15 is 0 Å². The average molecular weight is 349 g/mol. The molecule has 3 rings (SSSR count). The van der Waals surface area contributed by atoms with E-state index in [0.717, 1.165) is 12.8 Å². The van der Waals surface area contributed by atoms with E-state index in [2.05, 4.69) is 11.9 Å². The van der Waals surface area contributed by atoms with Crippen LogP contribution in [0.25, 0.3) is 0 Å². The molecular weight excluding hydrogens is 333 g/mol. The molecule has 0 radical (unpaired) electrons. The molecule has 2 atom stereocenters. The van der Waals surface area contributed by atoms with Gasteiger partial charge in [0, 0.05) is 29.9 Å². The highest BCUT2D eigenvalue weighted by atomic mass is 35.5. The first kappa shape index (κ1) is 15.4. The molecule has 2 aliphatic rings. The van der Waals surface area contributed by atoms with E-state index in [1.54, 1.807) is 0 Å².